The van der Waals surface area contributed by atoms with E-state index >= 15 is 0 Å². The van der Waals surface area contributed by atoms with Crippen LogP contribution in [0.4, 0.5) is 5.69 Å². The van der Waals surface area contributed by atoms with Crippen LogP contribution < -0.4 is 10.5 Å². The van der Waals surface area contributed by atoms with Crippen LogP contribution in [0.1, 0.15) is 6.92 Å². The number of hydrogen-bond acceptors (Lipinski definition) is 6. The molecule has 0 radical (unpaired) electrons. The number of aryl methyl sites for hydroxylation is 1. The Kier molecular flexibility index (Phi) is 7.08. The molecule has 0 unspecified atom stereocenters. The Morgan fingerprint density at radius 3 is 2.52 bits per heavy atom. The number of nitrogens with zero attached hydrogens (tertiary/aromatic N) is 2. The van der Waals surface area contributed by atoms with Crippen molar-refractivity contribution in [3.05, 3.63) is 72.8 Å². The lowest BCUT2D eigenvalue weighted by Crippen LogP contribution is -2.15. The first-order chi connectivity index (χ1) is 15.8. The highest BCUT2D eigenvalue weighted by atomic mass is 32.2. The number of nitrogens with two attached hydrogens (primary N) is 1. The van der Waals surface area contributed by atoms with Crippen LogP contribution in [0.5, 0.6) is 0 Å². The number of primary sulfonamides is 1. The van der Waals surface area contributed by atoms with Crippen LogP contribution in [-0.2, 0) is 21.4 Å². The van der Waals surface area contributed by atoms with Crippen molar-refractivity contribution in [3.63, 3.8) is 0 Å². The molecule has 0 spiro atoms. The molecular formula is C23H22N4O3S3. The molecule has 170 valence electrons. The van der Waals surface area contributed by atoms with Gasteiger partial charge in [-0.1, -0.05) is 53.9 Å². The standard InChI is InChI=1S/C23H22N4O3S3/c1-2-27-20-13-12-17(33(24,29)30)14-19(20)26-23(27)31-15-22(28)25-18-10-6-7-11-21(18)32-16-8-4-3-5-9-16/h3-14H,2,15H2,1H3,(H,25,28)(H2,24,29,30). The zero-order valence-corrected chi connectivity index (χ0v) is 20.2. The molecule has 0 fully saturated rings. The van der Waals surface area contributed by atoms with Crippen molar-refractivity contribution in [1.29, 1.82) is 0 Å². The minimum atomic E-state index is -3.81. The van der Waals surface area contributed by atoms with Crippen molar-refractivity contribution in [2.24, 2.45) is 5.14 Å². The topological polar surface area (TPSA) is 107 Å². The zero-order valence-electron chi connectivity index (χ0n) is 17.8. The Morgan fingerprint density at radius 1 is 1.06 bits per heavy atom. The Bertz CT molecular complexity index is 1400. The third-order valence-corrected chi connectivity index (χ3v) is 7.77. The zero-order chi connectivity index (χ0) is 23.4. The van der Waals surface area contributed by atoms with Gasteiger partial charge in [0.1, 0.15) is 0 Å². The van der Waals surface area contributed by atoms with E-state index in [0.717, 1.165) is 21.0 Å². The molecule has 0 bridgehead atoms. The molecule has 0 aliphatic heterocycles. The van der Waals surface area contributed by atoms with Crippen LogP contribution >= 0.6 is 23.5 Å². The number of benzene rings is 3. The van der Waals surface area contributed by atoms with E-state index in [4.69, 9.17) is 5.14 Å². The van der Waals surface area contributed by atoms with Crippen molar-refractivity contribution >= 4 is 56.2 Å². The van der Waals surface area contributed by atoms with Gasteiger partial charge in [0.15, 0.2) is 5.16 Å². The number of hydrogen-bond donors (Lipinski definition) is 2. The molecule has 0 saturated carbocycles. The lowest BCUT2D eigenvalue weighted by atomic mass is 10.3. The summed E-state index contributed by atoms with van der Waals surface area (Å²) in [7, 11) is -3.81. The van der Waals surface area contributed by atoms with Crippen molar-refractivity contribution in [1.82, 2.24) is 9.55 Å². The quantitative estimate of drug-likeness (QED) is 0.344. The van der Waals surface area contributed by atoms with Crippen LogP contribution in [0.3, 0.4) is 0 Å². The summed E-state index contributed by atoms with van der Waals surface area (Å²) < 4.78 is 25.2. The number of anilines is 1. The average Bonchev–Trinajstić information content (AvgIpc) is 3.16. The maximum absolute atomic E-state index is 12.7. The normalized spacial score (nSPS) is 11.6. The van der Waals surface area contributed by atoms with E-state index < -0.39 is 10.0 Å². The predicted molar refractivity (Wildman–Crippen MR) is 133 cm³/mol. The van der Waals surface area contributed by atoms with Gasteiger partial charge in [-0.25, -0.2) is 18.5 Å². The van der Waals surface area contributed by atoms with Gasteiger partial charge in [0.05, 0.1) is 27.4 Å². The highest BCUT2D eigenvalue weighted by Crippen LogP contribution is 2.33. The third-order valence-electron chi connectivity index (χ3n) is 4.79. The molecule has 0 aliphatic rings. The smallest absolute Gasteiger partial charge is 0.238 e. The van der Waals surface area contributed by atoms with Crippen molar-refractivity contribution in [2.45, 2.75) is 33.3 Å². The van der Waals surface area contributed by atoms with E-state index in [-0.39, 0.29) is 16.6 Å². The first kappa shape index (κ1) is 23.4. The maximum Gasteiger partial charge on any atom is 0.238 e. The number of carbonyl (C=O) groups excluding carboxylic acids is 1. The summed E-state index contributed by atoms with van der Waals surface area (Å²) in [6.45, 7) is 2.60. The average molecular weight is 499 g/mol. The third kappa shape index (κ3) is 5.59. The Morgan fingerprint density at radius 2 is 1.79 bits per heavy atom. The van der Waals surface area contributed by atoms with E-state index in [9.17, 15) is 13.2 Å². The summed E-state index contributed by atoms with van der Waals surface area (Å²) in [5.74, 6) is 0.0106. The number of amides is 1. The number of imidazole rings is 1. The molecule has 0 saturated heterocycles. The Hall–Kier alpha value is -2.79. The fraction of sp³-hybridized carbons (Fsp3) is 0.130. The van der Waals surface area contributed by atoms with Gasteiger partial charge in [-0.2, -0.15) is 0 Å². The van der Waals surface area contributed by atoms with Gasteiger partial charge in [-0.05, 0) is 49.4 Å². The predicted octanol–water partition coefficient (Wildman–Crippen LogP) is 4.59. The molecule has 10 heteroatoms. The molecule has 1 amide bonds. The number of aromatic nitrogens is 2. The summed E-state index contributed by atoms with van der Waals surface area (Å²) >= 11 is 2.89. The van der Waals surface area contributed by atoms with Crippen molar-refractivity contribution in [2.75, 3.05) is 11.1 Å². The number of fused-ring (bicyclic) bond motifs is 1. The molecule has 7 nitrogen and oxygen atoms in total. The van der Waals surface area contributed by atoms with Gasteiger partial charge < -0.3 is 9.88 Å². The fourth-order valence-electron chi connectivity index (χ4n) is 3.27. The molecular weight excluding hydrogens is 476 g/mol. The SMILES string of the molecule is CCn1c(SCC(=O)Nc2ccccc2Sc2ccccc2)nc2cc(S(N)(=O)=O)ccc21. The summed E-state index contributed by atoms with van der Waals surface area (Å²) in [6, 6.07) is 22.3. The summed E-state index contributed by atoms with van der Waals surface area (Å²) in [5.41, 5.74) is 2.06. The highest BCUT2D eigenvalue weighted by molar-refractivity contribution is 8.00. The Labute approximate surface area is 200 Å². The second-order valence-electron chi connectivity index (χ2n) is 7.08. The molecule has 0 aliphatic carbocycles. The number of rotatable bonds is 8. The fourth-order valence-corrected chi connectivity index (χ4v) is 5.61. The van der Waals surface area contributed by atoms with E-state index in [0.29, 0.717) is 17.2 Å². The second kappa shape index (κ2) is 10.0. The number of thioether (sulfide) groups is 1. The van der Waals surface area contributed by atoms with Gasteiger partial charge in [-0.15, -0.1) is 0 Å². The Balaban J connectivity index is 1.48. The van der Waals surface area contributed by atoms with E-state index in [1.165, 1.54) is 23.9 Å². The lowest BCUT2D eigenvalue weighted by molar-refractivity contribution is -0.113. The van der Waals surface area contributed by atoms with Gasteiger partial charge in [-0.3, -0.25) is 4.79 Å². The molecule has 0 atom stereocenters. The summed E-state index contributed by atoms with van der Waals surface area (Å²) in [6.07, 6.45) is 0. The first-order valence-electron chi connectivity index (χ1n) is 10.1. The summed E-state index contributed by atoms with van der Waals surface area (Å²) in [4.78, 5) is 19.3. The molecule has 1 aromatic heterocycles. The van der Waals surface area contributed by atoms with Crippen molar-refractivity contribution in [3.8, 4) is 0 Å². The maximum atomic E-state index is 12.7. The molecule has 3 N–H and O–H groups in total. The van der Waals surface area contributed by atoms with Crippen LogP contribution in [0.25, 0.3) is 11.0 Å². The number of sulfonamides is 1. The minimum absolute atomic E-state index is 0.0116. The number of para-hydroxylation sites is 1. The van der Waals surface area contributed by atoms with E-state index in [2.05, 4.69) is 10.3 Å². The largest absolute Gasteiger partial charge is 0.324 e. The lowest BCUT2D eigenvalue weighted by Gasteiger charge is -2.11. The van der Waals surface area contributed by atoms with E-state index in [1.54, 1.807) is 17.8 Å². The minimum Gasteiger partial charge on any atom is -0.324 e. The van der Waals surface area contributed by atoms with E-state index in [1.807, 2.05) is 66.1 Å². The van der Waals surface area contributed by atoms with Crippen LogP contribution in [-0.4, -0.2) is 29.6 Å². The van der Waals surface area contributed by atoms with Gasteiger partial charge in [0, 0.05) is 16.3 Å². The van der Waals surface area contributed by atoms with Gasteiger partial charge in [0.2, 0.25) is 15.9 Å². The van der Waals surface area contributed by atoms with Gasteiger partial charge in [0.25, 0.3) is 0 Å². The number of nitrogens with one attached hydrogen (secondary N) is 1. The molecule has 3 aromatic carbocycles. The highest BCUT2D eigenvalue weighted by Gasteiger charge is 2.16. The summed E-state index contributed by atoms with van der Waals surface area (Å²) in [5, 5.41) is 8.86. The first-order valence-corrected chi connectivity index (χ1v) is 13.5. The molecule has 1 heterocycles. The van der Waals surface area contributed by atoms with Crippen molar-refractivity contribution < 1.29 is 13.2 Å². The number of carbonyl (C=O) groups is 1. The molecule has 4 aromatic rings. The monoisotopic (exact) mass is 498 g/mol. The second-order valence-corrected chi connectivity index (χ2v) is 10.7. The molecule has 33 heavy (non-hydrogen) atoms. The van der Waals surface area contributed by atoms with Crippen LogP contribution in [0.2, 0.25) is 0 Å². The van der Waals surface area contributed by atoms with Crippen LogP contribution in [0.15, 0.2) is 92.6 Å². The molecule has 4 rings (SSSR count). The van der Waals surface area contributed by atoms with Crippen LogP contribution in [0, 0.1) is 0 Å². The van der Waals surface area contributed by atoms with Gasteiger partial charge >= 0.3 is 0 Å².